The predicted octanol–water partition coefficient (Wildman–Crippen LogP) is 3.00. The third-order valence-electron chi connectivity index (χ3n) is 2.80. The van der Waals surface area contributed by atoms with E-state index in [2.05, 4.69) is 0 Å². The van der Waals surface area contributed by atoms with Gasteiger partial charge in [-0.3, -0.25) is 4.79 Å². The molecule has 4 nitrogen and oxygen atoms in total. The number of carboxylic acid groups (broad SMARTS) is 1. The van der Waals surface area contributed by atoms with E-state index in [-0.39, 0.29) is 0 Å². The summed E-state index contributed by atoms with van der Waals surface area (Å²) in [5, 5.41) is 9.61. The second kappa shape index (κ2) is 6.41. The highest BCUT2D eigenvalue weighted by molar-refractivity contribution is 6.30. The standard InChI is InChI=1S/C15H14ClNO3/c16-11-5-3-4-10(8-11)9-20-13-7-2-1-6-12(13)14(17)15(18)19/h1-8,14H,9,17H2,(H,18,19)/t14-/m0/s1. The maximum atomic E-state index is 11.0. The summed E-state index contributed by atoms with van der Waals surface area (Å²) in [6.45, 7) is 0.296. The Bertz CT molecular complexity index is 616. The number of rotatable bonds is 5. The van der Waals surface area contributed by atoms with Crippen molar-refractivity contribution in [2.75, 3.05) is 0 Å². The smallest absolute Gasteiger partial charge is 0.325 e. The second-order valence-electron chi connectivity index (χ2n) is 4.27. The summed E-state index contributed by atoms with van der Waals surface area (Å²) >= 11 is 5.90. The van der Waals surface area contributed by atoms with Gasteiger partial charge in [-0.15, -0.1) is 0 Å². The lowest BCUT2D eigenvalue weighted by Crippen LogP contribution is -2.21. The van der Waals surface area contributed by atoms with Crippen LogP contribution in [0.1, 0.15) is 17.2 Å². The van der Waals surface area contributed by atoms with E-state index in [9.17, 15) is 4.79 Å². The van der Waals surface area contributed by atoms with E-state index in [1.807, 2.05) is 12.1 Å². The number of carboxylic acids is 1. The van der Waals surface area contributed by atoms with Gasteiger partial charge < -0.3 is 15.6 Å². The summed E-state index contributed by atoms with van der Waals surface area (Å²) in [5.74, 6) is -0.633. The van der Waals surface area contributed by atoms with Gasteiger partial charge in [0.2, 0.25) is 0 Å². The number of carbonyl (C=O) groups is 1. The van der Waals surface area contributed by atoms with E-state index in [0.717, 1.165) is 5.56 Å². The fourth-order valence-electron chi connectivity index (χ4n) is 1.79. The van der Waals surface area contributed by atoms with Crippen LogP contribution in [0.2, 0.25) is 5.02 Å². The highest BCUT2D eigenvalue weighted by Crippen LogP contribution is 2.25. The molecule has 0 spiro atoms. The van der Waals surface area contributed by atoms with Gasteiger partial charge in [-0.25, -0.2) is 0 Å². The lowest BCUT2D eigenvalue weighted by molar-refractivity contribution is -0.138. The largest absolute Gasteiger partial charge is 0.489 e. The van der Waals surface area contributed by atoms with E-state index in [1.165, 1.54) is 0 Å². The third-order valence-corrected chi connectivity index (χ3v) is 3.04. The Morgan fingerprint density at radius 3 is 2.70 bits per heavy atom. The quantitative estimate of drug-likeness (QED) is 0.888. The zero-order valence-corrected chi connectivity index (χ0v) is 11.4. The number of hydrogen-bond donors (Lipinski definition) is 2. The molecule has 0 heterocycles. The molecule has 0 saturated carbocycles. The Hall–Kier alpha value is -2.04. The van der Waals surface area contributed by atoms with Crippen LogP contribution in [-0.2, 0) is 11.4 Å². The molecule has 3 N–H and O–H groups in total. The molecule has 1 atom stereocenters. The van der Waals surface area contributed by atoms with Crippen molar-refractivity contribution in [1.29, 1.82) is 0 Å². The van der Waals surface area contributed by atoms with Crippen LogP contribution in [0.3, 0.4) is 0 Å². The number of ether oxygens (including phenoxy) is 1. The summed E-state index contributed by atoms with van der Waals surface area (Å²) in [6, 6.07) is 13.0. The van der Waals surface area contributed by atoms with Crippen molar-refractivity contribution < 1.29 is 14.6 Å². The molecular formula is C15H14ClNO3. The van der Waals surface area contributed by atoms with E-state index < -0.39 is 12.0 Å². The fourth-order valence-corrected chi connectivity index (χ4v) is 2.00. The maximum Gasteiger partial charge on any atom is 0.325 e. The number of nitrogens with two attached hydrogens (primary N) is 1. The van der Waals surface area contributed by atoms with Gasteiger partial charge in [-0.2, -0.15) is 0 Å². The van der Waals surface area contributed by atoms with Gasteiger partial charge in [0.25, 0.3) is 0 Å². The van der Waals surface area contributed by atoms with Crippen molar-refractivity contribution in [3.8, 4) is 5.75 Å². The number of halogens is 1. The summed E-state index contributed by atoms with van der Waals surface area (Å²) < 4.78 is 5.65. The normalized spacial score (nSPS) is 11.9. The van der Waals surface area contributed by atoms with Gasteiger partial charge in [0.15, 0.2) is 0 Å². The maximum absolute atomic E-state index is 11.0. The van der Waals surface area contributed by atoms with Gasteiger partial charge in [-0.05, 0) is 23.8 Å². The SMILES string of the molecule is N[C@H](C(=O)O)c1ccccc1OCc1cccc(Cl)c1. The van der Waals surface area contributed by atoms with Crippen LogP contribution in [0.25, 0.3) is 0 Å². The molecule has 0 aliphatic heterocycles. The van der Waals surface area contributed by atoms with Crippen LogP contribution in [0.4, 0.5) is 0 Å². The van der Waals surface area contributed by atoms with Gasteiger partial charge in [0.05, 0.1) is 0 Å². The van der Waals surface area contributed by atoms with E-state index in [0.29, 0.717) is 22.9 Å². The van der Waals surface area contributed by atoms with Crippen LogP contribution >= 0.6 is 11.6 Å². The van der Waals surface area contributed by atoms with Crippen LogP contribution in [0, 0.1) is 0 Å². The Kier molecular flexibility index (Phi) is 4.61. The molecule has 0 saturated heterocycles. The highest BCUT2D eigenvalue weighted by atomic mass is 35.5. The van der Waals surface area contributed by atoms with Crippen molar-refractivity contribution in [3.05, 3.63) is 64.7 Å². The van der Waals surface area contributed by atoms with E-state index in [1.54, 1.807) is 36.4 Å². The zero-order chi connectivity index (χ0) is 14.5. The first-order chi connectivity index (χ1) is 9.58. The minimum Gasteiger partial charge on any atom is -0.489 e. The molecule has 0 aliphatic carbocycles. The molecule has 0 fully saturated rings. The molecule has 2 aromatic carbocycles. The van der Waals surface area contributed by atoms with Crippen LogP contribution < -0.4 is 10.5 Å². The average molecular weight is 292 g/mol. The number of para-hydroxylation sites is 1. The Labute approximate surface area is 121 Å². The monoisotopic (exact) mass is 291 g/mol. The molecule has 5 heteroatoms. The van der Waals surface area contributed by atoms with Crippen molar-refractivity contribution in [1.82, 2.24) is 0 Å². The van der Waals surface area contributed by atoms with Gasteiger partial charge in [0.1, 0.15) is 18.4 Å². The number of aliphatic carboxylic acids is 1. The van der Waals surface area contributed by atoms with Gasteiger partial charge in [-0.1, -0.05) is 41.9 Å². The van der Waals surface area contributed by atoms with Gasteiger partial charge >= 0.3 is 5.97 Å². The van der Waals surface area contributed by atoms with Crippen molar-refractivity contribution >= 4 is 17.6 Å². The summed E-state index contributed by atoms with van der Waals surface area (Å²) in [5.41, 5.74) is 6.98. The summed E-state index contributed by atoms with van der Waals surface area (Å²) in [4.78, 5) is 11.0. The molecular weight excluding hydrogens is 278 g/mol. The first-order valence-corrected chi connectivity index (χ1v) is 6.40. The van der Waals surface area contributed by atoms with Crippen molar-refractivity contribution in [3.63, 3.8) is 0 Å². The molecule has 0 bridgehead atoms. The van der Waals surface area contributed by atoms with Crippen molar-refractivity contribution in [2.45, 2.75) is 12.6 Å². The fraction of sp³-hybridized carbons (Fsp3) is 0.133. The lowest BCUT2D eigenvalue weighted by atomic mass is 10.1. The van der Waals surface area contributed by atoms with Crippen LogP contribution in [0.5, 0.6) is 5.75 Å². The molecule has 0 aliphatic rings. The van der Waals surface area contributed by atoms with Gasteiger partial charge in [0, 0.05) is 10.6 Å². The second-order valence-corrected chi connectivity index (χ2v) is 4.71. The Morgan fingerprint density at radius 1 is 1.25 bits per heavy atom. The molecule has 2 rings (SSSR count). The predicted molar refractivity (Wildman–Crippen MR) is 76.8 cm³/mol. The number of benzene rings is 2. The zero-order valence-electron chi connectivity index (χ0n) is 10.6. The number of hydrogen-bond acceptors (Lipinski definition) is 3. The minimum atomic E-state index is -1.11. The van der Waals surface area contributed by atoms with Crippen LogP contribution in [-0.4, -0.2) is 11.1 Å². The topological polar surface area (TPSA) is 72.6 Å². The molecule has 0 radical (unpaired) electrons. The van der Waals surface area contributed by atoms with E-state index >= 15 is 0 Å². The first kappa shape index (κ1) is 14.4. The lowest BCUT2D eigenvalue weighted by Gasteiger charge is -2.14. The summed E-state index contributed by atoms with van der Waals surface area (Å²) in [6.07, 6.45) is 0. The molecule has 20 heavy (non-hydrogen) atoms. The third kappa shape index (κ3) is 3.50. The molecule has 2 aromatic rings. The Morgan fingerprint density at radius 2 is 2.00 bits per heavy atom. The molecule has 0 amide bonds. The minimum absolute atomic E-state index is 0.296. The first-order valence-electron chi connectivity index (χ1n) is 6.02. The average Bonchev–Trinajstić information content (AvgIpc) is 2.44. The molecule has 0 unspecified atom stereocenters. The Balaban J connectivity index is 2.15. The van der Waals surface area contributed by atoms with Crippen LogP contribution in [0.15, 0.2) is 48.5 Å². The highest BCUT2D eigenvalue weighted by Gasteiger charge is 2.18. The van der Waals surface area contributed by atoms with Crippen molar-refractivity contribution in [2.24, 2.45) is 5.73 Å². The molecule has 104 valence electrons. The molecule has 0 aromatic heterocycles. The van der Waals surface area contributed by atoms with E-state index in [4.69, 9.17) is 27.2 Å². The summed E-state index contributed by atoms with van der Waals surface area (Å²) in [7, 11) is 0.